The number of rotatable bonds is 3. The molecule has 4 nitrogen and oxygen atoms in total. The quantitative estimate of drug-likeness (QED) is 0.821. The molecule has 0 spiro atoms. The van der Waals surface area contributed by atoms with Crippen LogP contribution in [0.25, 0.3) is 0 Å². The Kier molecular flexibility index (Phi) is 3.12. The van der Waals surface area contributed by atoms with Crippen molar-refractivity contribution in [3.8, 4) is 0 Å². The van der Waals surface area contributed by atoms with E-state index in [0.717, 1.165) is 11.1 Å². The van der Waals surface area contributed by atoms with E-state index in [9.17, 15) is 4.79 Å². The van der Waals surface area contributed by atoms with Gasteiger partial charge in [0.05, 0.1) is 6.54 Å². The molecule has 2 heterocycles. The summed E-state index contributed by atoms with van der Waals surface area (Å²) in [5.41, 5.74) is 7.35. The molecule has 2 aromatic rings. The molecule has 4 heteroatoms. The molecular formula is C12H13N3O. The molecule has 0 saturated heterocycles. The number of pyridine rings is 2. The van der Waals surface area contributed by atoms with Gasteiger partial charge in [-0.05, 0) is 29.3 Å². The Balaban J connectivity index is 2.26. The Morgan fingerprint density at radius 2 is 1.94 bits per heavy atom. The second-order valence-electron chi connectivity index (χ2n) is 3.56. The van der Waals surface area contributed by atoms with Crippen molar-refractivity contribution in [2.75, 3.05) is 0 Å². The fraction of sp³-hybridized carbons (Fsp3) is 0.167. The summed E-state index contributed by atoms with van der Waals surface area (Å²) >= 11 is 0. The van der Waals surface area contributed by atoms with Crippen LogP contribution in [0.2, 0.25) is 0 Å². The Morgan fingerprint density at radius 1 is 1.19 bits per heavy atom. The molecule has 0 atom stereocenters. The largest absolute Gasteiger partial charge is 0.326 e. The number of hydrogen-bond donors (Lipinski definition) is 1. The van der Waals surface area contributed by atoms with E-state index in [4.69, 9.17) is 5.73 Å². The van der Waals surface area contributed by atoms with Crippen molar-refractivity contribution >= 4 is 0 Å². The van der Waals surface area contributed by atoms with Crippen molar-refractivity contribution in [1.82, 2.24) is 9.55 Å². The van der Waals surface area contributed by atoms with Crippen LogP contribution in [0.1, 0.15) is 11.1 Å². The third-order valence-corrected chi connectivity index (χ3v) is 2.40. The van der Waals surface area contributed by atoms with Gasteiger partial charge in [0, 0.05) is 31.2 Å². The molecule has 0 aliphatic carbocycles. The third kappa shape index (κ3) is 2.35. The first-order chi connectivity index (χ1) is 7.79. The van der Waals surface area contributed by atoms with E-state index in [1.54, 1.807) is 29.2 Å². The Hall–Kier alpha value is -1.94. The van der Waals surface area contributed by atoms with Crippen LogP contribution < -0.4 is 11.3 Å². The Labute approximate surface area is 93.4 Å². The van der Waals surface area contributed by atoms with Crippen molar-refractivity contribution in [1.29, 1.82) is 0 Å². The molecule has 0 bridgehead atoms. The molecule has 2 rings (SSSR count). The van der Waals surface area contributed by atoms with Gasteiger partial charge in [0.2, 0.25) is 0 Å². The highest BCUT2D eigenvalue weighted by molar-refractivity contribution is 5.14. The van der Waals surface area contributed by atoms with Crippen LogP contribution in [0, 0.1) is 0 Å². The third-order valence-electron chi connectivity index (χ3n) is 2.40. The highest BCUT2D eigenvalue weighted by Gasteiger charge is 1.98. The average Bonchev–Trinajstić information content (AvgIpc) is 2.33. The summed E-state index contributed by atoms with van der Waals surface area (Å²) in [6.45, 7) is 0.956. The lowest BCUT2D eigenvalue weighted by atomic mass is 10.2. The molecule has 2 aromatic heterocycles. The van der Waals surface area contributed by atoms with Gasteiger partial charge in [-0.1, -0.05) is 0 Å². The van der Waals surface area contributed by atoms with E-state index in [2.05, 4.69) is 4.98 Å². The molecule has 0 aromatic carbocycles. The molecule has 0 aliphatic heterocycles. The topological polar surface area (TPSA) is 60.9 Å². The van der Waals surface area contributed by atoms with Crippen LogP contribution in [-0.4, -0.2) is 9.55 Å². The molecule has 16 heavy (non-hydrogen) atoms. The van der Waals surface area contributed by atoms with E-state index in [1.165, 1.54) is 0 Å². The van der Waals surface area contributed by atoms with Crippen LogP contribution in [-0.2, 0) is 13.1 Å². The Morgan fingerprint density at radius 3 is 2.56 bits per heavy atom. The minimum Gasteiger partial charge on any atom is -0.326 e. The maximum atomic E-state index is 11.7. The summed E-state index contributed by atoms with van der Waals surface area (Å²) in [5, 5.41) is 0. The average molecular weight is 215 g/mol. The molecule has 2 N–H and O–H groups in total. The van der Waals surface area contributed by atoms with Crippen LogP contribution in [0.3, 0.4) is 0 Å². The minimum absolute atomic E-state index is 0.0280. The van der Waals surface area contributed by atoms with Gasteiger partial charge in [0.25, 0.3) is 5.56 Å². The smallest absolute Gasteiger partial charge is 0.251 e. The Bertz CT molecular complexity index is 519. The van der Waals surface area contributed by atoms with Crippen LogP contribution >= 0.6 is 0 Å². The zero-order chi connectivity index (χ0) is 11.4. The van der Waals surface area contributed by atoms with E-state index in [1.807, 2.05) is 18.2 Å². The van der Waals surface area contributed by atoms with Crippen LogP contribution in [0.15, 0.2) is 47.7 Å². The van der Waals surface area contributed by atoms with Crippen molar-refractivity contribution in [3.05, 3.63) is 64.3 Å². The lowest BCUT2D eigenvalue weighted by molar-refractivity contribution is 0.753. The second kappa shape index (κ2) is 4.72. The first-order valence-corrected chi connectivity index (χ1v) is 5.08. The molecule has 0 saturated carbocycles. The van der Waals surface area contributed by atoms with E-state index < -0.39 is 0 Å². The van der Waals surface area contributed by atoms with Crippen molar-refractivity contribution in [3.63, 3.8) is 0 Å². The normalized spacial score (nSPS) is 10.3. The highest BCUT2D eigenvalue weighted by Crippen LogP contribution is 1.99. The molecule has 0 fully saturated rings. The number of hydrogen-bond acceptors (Lipinski definition) is 3. The summed E-state index contributed by atoms with van der Waals surface area (Å²) in [5.74, 6) is 0. The zero-order valence-corrected chi connectivity index (χ0v) is 8.84. The minimum atomic E-state index is -0.0280. The van der Waals surface area contributed by atoms with Gasteiger partial charge in [0.15, 0.2) is 0 Å². The summed E-state index contributed by atoms with van der Waals surface area (Å²) in [4.78, 5) is 15.6. The zero-order valence-electron chi connectivity index (χ0n) is 8.84. The molecule has 82 valence electrons. The van der Waals surface area contributed by atoms with Gasteiger partial charge < -0.3 is 10.3 Å². The van der Waals surface area contributed by atoms with Gasteiger partial charge in [0.1, 0.15) is 0 Å². The van der Waals surface area contributed by atoms with E-state index >= 15 is 0 Å². The standard InChI is InChI=1S/C12H13N3O/c13-8-11-3-6-15(12(16)7-11)9-10-1-4-14-5-2-10/h1-7H,8-9,13H2. The monoisotopic (exact) mass is 215 g/mol. The maximum Gasteiger partial charge on any atom is 0.251 e. The van der Waals surface area contributed by atoms with Gasteiger partial charge in [-0.3, -0.25) is 9.78 Å². The number of nitrogens with zero attached hydrogens (tertiary/aromatic N) is 2. The molecule has 0 aliphatic rings. The lowest BCUT2D eigenvalue weighted by Crippen LogP contribution is -2.20. The molecular weight excluding hydrogens is 202 g/mol. The maximum absolute atomic E-state index is 11.7. The van der Waals surface area contributed by atoms with Gasteiger partial charge in [-0.25, -0.2) is 0 Å². The number of aromatic nitrogens is 2. The van der Waals surface area contributed by atoms with Gasteiger partial charge in [-0.15, -0.1) is 0 Å². The number of nitrogens with two attached hydrogens (primary N) is 1. The van der Waals surface area contributed by atoms with Crippen molar-refractivity contribution < 1.29 is 0 Å². The summed E-state index contributed by atoms with van der Waals surface area (Å²) < 4.78 is 1.65. The van der Waals surface area contributed by atoms with E-state index in [-0.39, 0.29) is 5.56 Å². The fourth-order valence-electron chi connectivity index (χ4n) is 1.49. The van der Waals surface area contributed by atoms with Gasteiger partial charge >= 0.3 is 0 Å². The van der Waals surface area contributed by atoms with Crippen LogP contribution in [0.5, 0.6) is 0 Å². The fourth-order valence-corrected chi connectivity index (χ4v) is 1.49. The molecule has 0 unspecified atom stereocenters. The predicted octanol–water partition coefficient (Wildman–Crippen LogP) is 0.750. The lowest BCUT2D eigenvalue weighted by Gasteiger charge is -2.06. The summed E-state index contributed by atoms with van der Waals surface area (Å²) in [7, 11) is 0. The van der Waals surface area contributed by atoms with Crippen molar-refractivity contribution in [2.45, 2.75) is 13.1 Å². The highest BCUT2D eigenvalue weighted by atomic mass is 16.1. The van der Waals surface area contributed by atoms with E-state index in [0.29, 0.717) is 13.1 Å². The molecule has 0 amide bonds. The summed E-state index contributed by atoms with van der Waals surface area (Å²) in [6.07, 6.45) is 5.20. The SMILES string of the molecule is NCc1ccn(Cc2ccncc2)c(=O)c1. The first-order valence-electron chi connectivity index (χ1n) is 5.08. The van der Waals surface area contributed by atoms with Crippen LogP contribution in [0.4, 0.5) is 0 Å². The molecule has 0 radical (unpaired) electrons. The summed E-state index contributed by atoms with van der Waals surface area (Å²) in [6, 6.07) is 7.22. The van der Waals surface area contributed by atoms with Crippen molar-refractivity contribution in [2.24, 2.45) is 5.73 Å². The van der Waals surface area contributed by atoms with Gasteiger partial charge in [-0.2, -0.15) is 0 Å². The first kappa shape index (κ1) is 10.6. The second-order valence-corrected chi connectivity index (χ2v) is 3.56. The predicted molar refractivity (Wildman–Crippen MR) is 61.9 cm³/mol.